The molecule has 0 unspecified atom stereocenters. The zero-order valence-electron chi connectivity index (χ0n) is 17.3. The van der Waals surface area contributed by atoms with E-state index in [4.69, 9.17) is 63.7 Å². The first-order valence-corrected chi connectivity index (χ1v) is 11.8. The standard InChI is InChI=1S/C23H14Cl5F2N3O2/c24-10-3-9(4-11(25)5-10)18-19(23(18,27)28)22(35)32-13-1-2-15(26)14(8-13)21(34)33-17-7-12(29)6-16(30)20(17)31/h1-8,18-19H,31H2,(H,32,35)(H,33,34)/t18-,19+/m0/s1. The summed E-state index contributed by atoms with van der Waals surface area (Å²) in [6, 6.07) is 10.4. The molecule has 0 aromatic heterocycles. The number of carbonyl (C=O) groups is 2. The Morgan fingerprint density at radius 1 is 0.914 bits per heavy atom. The molecule has 2 atom stereocenters. The van der Waals surface area contributed by atoms with Gasteiger partial charge in [-0.2, -0.15) is 0 Å². The number of carbonyl (C=O) groups excluding carboxylic acids is 2. The Morgan fingerprint density at radius 3 is 2.23 bits per heavy atom. The second-order valence-corrected chi connectivity index (χ2v) is 10.5. The zero-order valence-corrected chi connectivity index (χ0v) is 21.1. The molecule has 0 spiro atoms. The van der Waals surface area contributed by atoms with Gasteiger partial charge in [0.05, 0.1) is 27.9 Å². The van der Waals surface area contributed by atoms with Gasteiger partial charge >= 0.3 is 0 Å². The lowest BCUT2D eigenvalue weighted by Gasteiger charge is -2.12. The average Bonchev–Trinajstić information content (AvgIpc) is 3.34. The third-order valence-corrected chi connectivity index (χ3v) is 7.11. The normalized spacial score (nSPS) is 18.1. The minimum atomic E-state index is -1.40. The highest BCUT2D eigenvalue weighted by atomic mass is 35.5. The lowest BCUT2D eigenvalue weighted by Crippen LogP contribution is -2.18. The quantitative estimate of drug-likeness (QED) is 0.219. The number of hydrogen-bond donors (Lipinski definition) is 3. The molecule has 0 radical (unpaired) electrons. The van der Waals surface area contributed by atoms with Crippen LogP contribution in [0.25, 0.3) is 0 Å². The van der Waals surface area contributed by atoms with Gasteiger partial charge in [0, 0.05) is 27.7 Å². The summed E-state index contributed by atoms with van der Waals surface area (Å²) in [6.45, 7) is 0. The molecule has 0 heterocycles. The second kappa shape index (κ2) is 9.64. The van der Waals surface area contributed by atoms with Crippen LogP contribution in [0.15, 0.2) is 48.5 Å². The number of amides is 2. The maximum absolute atomic E-state index is 13.7. The molecule has 2 amide bonds. The van der Waals surface area contributed by atoms with Crippen LogP contribution in [0, 0.1) is 17.6 Å². The Bertz CT molecular complexity index is 1350. The van der Waals surface area contributed by atoms with E-state index in [1.165, 1.54) is 18.2 Å². The fraction of sp³-hybridized carbons (Fsp3) is 0.130. The molecule has 12 heteroatoms. The van der Waals surface area contributed by atoms with Crippen LogP contribution in [0.1, 0.15) is 21.8 Å². The zero-order chi connectivity index (χ0) is 25.7. The summed E-state index contributed by atoms with van der Waals surface area (Å²) >= 11 is 31.0. The molecule has 4 N–H and O–H groups in total. The maximum atomic E-state index is 13.7. The highest BCUT2D eigenvalue weighted by Crippen LogP contribution is 2.65. The number of nitrogens with two attached hydrogens (primary N) is 1. The number of nitrogens with one attached hydrogen (secondary N) is 2. The van der Waals surface area contributed by atoms with Crippen LogP contribution >= 0.6 is 58.0 Å². The Balaban J connectivity index is 1.53. The molecule has 1 fully saturated rings. The number of nitrogen functional groups attached to an aromatic ring is 1. The number of anilines is 3. The Morgan fingerprint density at radius 2 is 1.57 bits per heavy atom. The Hall–Kier alpha value is -2.29. The smallest absolute Gasteiger partial charge is 0.257 e. The van der Waals surface area contributed by atoms with E-state index >= 15 is 0 Å². The predicted octanol–water partition coefficient (Wildman–Crippen LogP) is 7.29. The van der Waals surface area contributed by atoms with Crippen LogP contribution < -0.4 is 16.4 Å². The van der Waals surface area contributed by atoms with Gasteiger partial charge in [-0.1, -0.05) is 34.8 Å². The Labute approximate surface area is 223 Å². The van der Waals surface area contributed by atoms with Crippen molar-refractivity contribution < 1.29 is 18.4 Å². The molecule has 4 rings (SSSR count). The van der Waals surface area contributed by atoms with E-state index in [1.807, 2.05) is 0 Å². The van der Waals surface area contributed by atoms with E-state index in [-0.39, 0.29) is 22.0 Å². The lowest BCUT2D eigenvalue weighted by atomic mass is 10.1. The first-order chi connectivity index (χ1) is 16.4. The summed E-state index contributed by atoms with van der Waals surface area (Å²) in [5, 5.41) is 5.72. The van der Waals surface area contributed by atoms with Crippen LogP contribution in [-0.2, 0) is 4.79 Å². The van der Waals surface area contributed by atoms with Gasteiger partial charge in [-0.3, -0.25) is 9.59 Å². The van der Waals surface area contributed by atoms with Crippen molar-refractivity contribution >= 4 is 86.9 Å². The van der Waals surface area contributed by atoms with E-state index in [9.17, 15) is 18.4 Å². The molecular weight excluding hydrogens is 566 g/mol. The van der Waals surface area contributed by atoms with E-state index in [0.717, 1.165) is 6.07 Å². The Kier molecular flexibility index (Phi) is 7.10. The van der Waals surface area contributed by atoms with E-state index in [0.29, 0.717) is 21.7 Å². The third-order valence-electron chi connectivity index (χ3n) is 5.40. The van der Waals surface area contributed by atoms with Gasteiger partial charge < -0.3 is 16.4 Å². The second-order valence-electron chi connectivity index (χ2n) is 7.82. The third kappa shape index (κ3) is 5.29. The maximum Gasteiger partial charge on any atom is 0.257 e. The molecule has 1 saturated carbocycles. The highest BCUT2D eigenvalue weighted by Gasteiger charge is 2.67. The van der Waals surface area contributed by atoms with Crippen molar-refractivity contribution in [3.05, 3.63) is 86.4 Å². The molecule has 0 bridgehead atoms. The predicted molar refractivity (Wildman–Crippen MR) is 136 cm³/mol. The SMILES string of the molecule is Nc1c(F)cc(F)cc1NC(=O)c1cc(NC(=O)[C@H]2[C@H](c3cc(Cl)cc(Cl)c3)C2(Cl)Cl)ccc1Cl. The molecule has 3 aromatic rings. The van der Waals surface area contributed by atoms with Crippen LogP contribution in [0.4, 0.5) is 25.8 Å². The van der Waals surface area contributed by atoms with Crippen LogP contribution in [0.3, 0.4) is 0 Å². The molecular formula is C23H14Cl5F2N3O2. The van der Waals surface area contributed by atoms with E-state index < -0.39 is 45.3 Å². The van der Waals surface area contributed by atoms with Gasteiger partial charge in [0.25, 0.3) is 5.91 Å². The molecule has 182 valence electrons. The summed E-state index contributed by atoms with van der Waals surface area (Å²) in [5.74, 6) is -4.67. The van der Waals surface area contributed by atoms with Gasteiger partial charge in [0.2, 0.25) is 5.91 Å². The van der Waals surface area contributed by atoms with Gasteiger partial charge in [-0.25, -0.2) is 8.78 Å². The first kappa shape index (κ1) is 25.8. The van der Waals surface area contributed by atoms with Gasteiger partial charge in [-0.05, 0) is 48.0 Å². The molecule has 3 aromatic carbocycles. The van der Waals surface area contributed by atoms with Crippen molar-refractivity contribution in [2.45, 2.75) is 10.3 Å². The van der Waals surface area contributed by atoms with Crippen molar-refractivity contribution in [3.8, 4) is 0 Å². The monoisotopic (exact) mass is 577 g/mol. The highest BCUT2D eigenvalue weighted by molar-refractivity contribution is 6.53. The van der Waals surface area contributed by atoms with Crippen molar-refractivity contribution in [1.29, 1.82) is 0 Å². The van der Waals surface area contributed by atoms with Crippen LogP contribution in [-0.4, -0.2) is 16.1 Å². The lowest BCUT2D eigenvalue weighted by molar-refractivity contribution is -0.117. The minimum Gasteiger partial charge on any atom is -0.395 e. The molecule has 35 heavy (non-hydrogen) atoms. The summed E-state index contributed by atoms with van der Waals surface area (Å²) in [5.41, 5.74) is 5.59. The number of halogens is 7. The molecule has 0 aliphatic heterocycles. The van der Waals surface area contributed by atoms with Crippen molar-refractivity contribution in [1.82, 2.24) is 0 Å². The largest absolute Gasteiger partial charge is 0.395 e. The van der Waals surface area contributed by atoms with Crippen molar-refractivity contribution in [2.75, 3.05) is 16.4 Å². The van der Waals surface area contributed by atoms with Gasteiger partial charge in [-0.15, -0.1) is 23.2 Å². The summed E-state index contributed by atoms with van der Waals surface area (Å²) < 4.78 is 25.8. The summed E-state index contributed by atoms with van der Waals surface area (Å²) in [7, 11) is 0. The average molecular weight is 580 g/mol. The first-order valence-electron chi connectivity index (χ1n) is 9.88. The van der Waals surface area contributed by atoms with Gasteiger partial charge in [0.1, 0.15) is 10.2 Å². The van der Waals surface area contributed by atoms with Crippen molar-refractivity contribution in [2.24, 2.45) is 5.92 Å². The molecule has 0 saturated heterocycles. The van der Waals surface area contributed by atoms with Gasteiger partial charge in [0.15, 0.2) is 5.82 Å². The fourth-order valence-electron chi connectivity index (χ4n) is 3.70. The number of alkyl halides is 2. The number of benzene rings is 3. The number of rotatable bonds is 5. The van der Waals surface area contributed by atoms with Crippen LogP contribution in [0.5, 0.6) is 0 Å². The summed E-state index contributed by atoms with van der Waals surface area (Å²) in [6.07, 6.45) is 0. The van der Waals surface area contributed by atoms with Crippen molar-refractivity contribution in [3.63, 3.8) is 0 Å². The molecule has 5 nitrogen and oxygen atoms in total. The molecule has 1 aliphatic rings. The fourth-order valence-corrected chi connectivity index (χ4v) is 5.27. The van der Waals surface area contributed by atoms with E-state index in [1.54, 1.807) is 18.2 Å². The van der Waals surface area contributed by atoms with Crippen LogP contribution in [0.2, 0.25) is 15.1 Å². The van der Waals surface area contributed by atoms with E-state index in [2.05, 4.69) is 10.6 Å². The minimum absolute atomic E-state index is 0.0258. The number of hydrogen-bond acceptors (Lipinski definition) is 3. The molecule has 1 aliphatic carbocycles. The summed E-state index contributed by atoms with van der Waals surface area (Å²) in [4.78, 5) is 25.7. The topological polar surface area (TPSA) is 84.2 Å².